The zero-order valence-electron chi connectivity index (χ0n) is 16.5. The van der Waals surface area contributed by atoms with E-state index in [1.807, 2.05) is 6.07 Å². The van der Waals surface area contributed by atoms with Crippen molar-refractivity contribution in [2.45, 2.75) is 25.2 Å². The third-order valence-corrected chi connectivity index (χ3v) is 5.36. The molecule has 1 aliphatic heterocycles. The molecular weight excluding hydrogens is 386 g/mol. The Balaban J connectivity index is 1.46. The molecule has 30 heavy (non-hydrogen) atoms. The van der Waals surface area contributed by atoms with Gasteiger partial charge in [-0.15, -0.1) is 0 Å². The second-order valence-electron chi connectivity index (χ2n) is 7.30. The van der Waals surface area contributed by atoms with Crippen molar-refractivity contribution < 1.29 is 9.26 Å². The molecular formula is C20H21N7O3. The standard InChI is InChI=1S/C20H21N7O3/c1-29-17-3-2-12(10-22-17)8-18-25-19(26-30-18)14-11-23-27-15(9-16(28)24-20(14)27)13-4-6-21-7-5-13/h2-3,9-11,13,21H,4-8H2,1H3,(H,24,28). The Morgan fingerprint density at radius 3 is 2.90 bits per heavy atom. The molecule has 5 rings (SSSR count). The largest absolute Gasteiger partial charge is 0.481 e. The number of aromatic amines is 1. The van der Waals surface area contributed by atoms with Crippen LogP contribution in [0.4, 0.5) is 0 Å². The summed E-state index contributed by atoms with van der Waals surface area (Å²) in [5.41, 5.74) is 2.88. The van der Waals surface area contributed by atoms with Gasteiger partial charge in [-0.1, -0.05) is 11.2 Å². The Hall–Kier alpha value is -3.53. The first-order valence-electron chi connectivity index (χ1n) is 9.85. The molecule has 0 atom stereocenters. The Kier molecular flexibility index (Phi) is 4.75. The van der Waals surface area contributed by atoms with E-state index in [4.69, 9.17) is 9.26 Å². The highest BCUT2D eigenvalue weighted by atomic mass is 16.5. The van der Waals surface area contributed by atoms with Crippen LogP contribution in [0.25, 0.3) is 17.0 Å². The number of hydrogen-bond donors (Lipinski definition) is 2. The molecule has 154 valence electrons. The lowest BCUT2D eigenvalue weighted by Crippen LogP contribution is -2.28. The summed E-state index contributed by atoms with van der Waals surface area (Å²) in [5, 5.41) is 11.9. The lowest BCUT2D eigenvalue weighted by Gasteiger charge is -2.23. The summed E-state index contributed by atoms with van der Waals surface area (Å²) in [5.74, 6) is 1.67. The second-order valence-corrected chi connectivity index (χ2v) is 7.30. The van der Waals surface area contributed by atoms with Crippen LogP contribution in [0.5, 0.6) is 5.88 Å². The van der Waals surface area contributed by atoms with Gasteiger partial charge >= 0.3 is 0 Å². The van der Waals surface area contributed by atoms with Crippen molar-refractivity contribution in [1.82, 2.24) is 35.0 Å². The van der Waals surface area contributed by atoms with Crippen LogP contribution in [0, 0.1) is 0 Å². The normalized spacial score (nSPS) is 15.0. The zero-order valence-corrected chi connectivity index (χ0v) is 16.5. The molecule has 0 aliphatic carbocycles. The third-order valence-electron chi connectivity index (χ3n) is 5.36. The van der Waals surface area contributed by atoms with Crippen molar-refractivity contribution in [2.75, 3.05) is 20.2 Å². The molecule has 0 unspecified atom stereocenters. The van der Waals surface area contributed by atoms with Gasteiger partial charge in [0.25, 0.3) is 5.56 Å². The van der Waals surface area contributed by atoms with E-state index in [0.29, 0.717) is 35.2 Å². The van der Waals surface area contributed by atoms with E-state index in [2.05, 4.69) is 30.5 Å². The molecule has 4 aromatic rings. The number of aromatic nitrogens is 6. The fourth-order valence-corrected chi connectivity index (χ4v) is 3.83. The fraction of sp³-hybridized carbons (Fsp3) is 0.350. The minimum Gasteiger partial charge on any atom is -0.481 e. The molecule has 1 saturated heterocycles. The summed E-state index contributed by atoms with van der Waals surface area (Å²) in [7, 11) is 1.57. The summed E-state index contributed by atoms with van der Waals surface area (Å²) in [6.45, 7) is 1.86. The highest BCUT2D eigenvalue weighted by Gasteiger charge is 2.22. The van der Waals surface area contributed by atoms with Crippen LogP contribution in [0.2, 0.25) is 0 Å². The highest BCUT2D eigenvalue weighted by Crippen LogP contribution is 2.27. The summed E-state index contributed by atoms with van der Waals surface area (Å²) in [6.07, 6.45) is 5.76. The molecule has 0 radical (unpaired) electrons. The first kappa shape index (κ1) is 18.5. The first-order chi connectivity index (χ1) is 14.7. The van der Waals surface area contributed by atoms with Gasteiger partial charge in [-0.2, -0.15) is 10.1 Å². The molecule has 0 amide bonds. The van der Waals surface area contributed by atoms with Gasteiger partial charge < -0.3 is 19.6 Å². The predicted molar refractivity (Wildman–Crippen MR) is 108 cm³/mol. The van der Waals surface area contributed by atoms with Gasteiger partial charge in [0.2, 0.25) is 17.6 Å². The maximum Gasteiger partial charge on any atom is 0.251 e. The minimum absolute atomic E-state index is 0.161. The summed E-state index contributed by atoms with van der Waals surface area (Å²) in [6, 6.07) is 5.32. The molecule has 4 aromatic heterocycles. The van der Waals surface area contributed by atoms with Gasteiger partial charge in [-0.25, -0.2) is 9.50 Å². The molecule has 5 heterocycles. The van der Waals surface area contributed by atoms with Crippen molar-refractivity contribution in [3.05, 3.63) is 58.1 Å². The molecule has 0 aromatic carbocycles. The van der Waals surface area contributed by atoms with Crippen molar-refractivity contribution in [1.29, 1.82) is 0 Å². The van der Waals surface area contributed by atoms with Gasteiger partial charge in [0.15, 0.2) is 0 Å². The topological polar surface area (TPSA) is 123 Å². The van der Waals surface area contributed by atoms with Crippen molar-refractivity contribution in [2.24, 2.45) is 0 Å². The Morgan fingerprint density at radius 1 is 1.27 bits per heavy atom. The van der Waals surface area contributed by atoms with Gasteiger partial charge in [0.05, 0.1) is 31.0 Å². The monoisotopic (exact) mass is 407 g/mol. The maximum absolute atomic E-state index is 12.3. The van der Waals surface area contributed by atoms with E-state index in [0.717, 1.165) is 37.2 Å². The van der Waals surface area contributed by atoms with E-state index in [1.165, 1.54) is 0 Å². The van der Waals surface area contributed by atoms with Crippen LogP contribution in [0.1, 0.15) is 35.9 Å². The number of H-pyrrole nitrogens is 1. The Labute approximate surface area is 171 Å². The van der Waals surface area contributed by atoms with Crippen LogP contribution >= 0.6 is 0 Å². The Bertz CT molecular complexity index is 1220. The van der Waals surface area contributed by atoms with Crippen molar-refractivity contribution in [3.63, 3.8) is 0 Å². The first-order valence-corrected chi connectivity index (χ1v) is 9.85. The van der Waals surface area contributed by atoms with Gasteiger partial charge in [0, 0.05) is 24.2 Å². The van der Waals surface area contributed by atoms with Crippen molar-refractivity contribution in [3.8, 4) is 17.3 Å². The van der Waals surface area contributed by atoms with Gasteiger partial charge in [0.1, 0.15) is 5.65 Å². The number of methoxy groups -OCH3 is 1. The zero-order chi connectivity index (χ0) is 20.5. The van der Waals surface area contributed by atoms with Gasteiger partial charge in [-0.3, -0.25) is 4.79 Å². The highest BCUT2D eigenvalue weighted by molar-refractivity contribution is 5.71. The van der Waals surface area contributed by atoms with Crippen LogP contribution in [-0.4, -0.2) is 49.9 Å². The number of hydrogen-bond acceptors (Lipinski definition) is 8. The molecule has 0 saturated carbocycles. The average molecular weight is 407 g/mol. The lowest BCUT2D eigenvalue weighted by atomic mass is 9.94. The third kappa shape index (κ3) is 3.45. The number of fused-ring (bicyclic) bond motifs is 1. The predicted octanol–water partition coefficient (Wildman–Crippen LogP) is 1.53. The minimum atomic E-state index is -0.161. The number of piperidine rings is 1. The average Bonchev–Trinajstić information content (AvgIpc) is 3.41. The number of ether oxygens (including phenoxy) is 1. The summed E-state index contributed by atoms with van der Waals surface area (Å²) in [4.78, 5) is 23.9. The Morgan fingerprint density at radius 2 is 2.13 bits per heavy atom. The number of nitrogens with one attached hydrogen (secondary N) is 2. The molecule has 1 aliphatic rings. The summed E-state index contributed by atoms with van der Waals surface area (Å²) >= 11 is 0. The van der Waals surface area contributed by atoms with E-state index >= 15 is 0 Å². The van der Waals surface area contributed by atoms with E-state index in [1.54, 1.807) is 36.2 Å². The quantitative estimate of drug-likeness (QED) is 0.511. The van der Waals surface area contributed by atoms with E-state index in [-0.39, 0.29) is 11.5 Å². The number of pyridine rings is 1. The summed E-state index contributed by atoms with van der Waals surface area (Å²) < 4.78 is 12.3. The van der Waals surface area contributed by atoms with E-state index < -0.39 is 0 Å². The lowest BCUT2D eigenvalue weighted by molar-refractivity contribution is 0.384. The van der Waals surface area contributed by atoms with Crippen LogP contribution in [0.15, 0.2) is 39.9 Å². The second kappa shape index (κ2) is 7.71. The number of nitrogens with zero attached hydrogens (tertiary/aromatic N) is 5. The molecule has 2 N–H and O–H groups in total. The van der Waals surface area contributed by atoms with Gasteiger partial charge in [-0.05, 0) is 31.5 Å². The molecule has 0 spiro atoms. The molecule has 0 bridgehead atoms. The maximum atomic E-state index is 12.3. The molecule has 10 heteroatoms. The van der Waals surface area contributed by atoms with E-state index in [9.17, 15) is 4.79 Å². The molecule has 1 fully saturated rings. The fourth-order valence-electron chi connectivity index (χ4n) is 3.83. The number of rotatable bonds is 5. The van der Waals surface area contributed by atoms with Crippen LogP contribution < -0.4 is 15.6 Å². The molecule has 10 nitrogen and oxygen atoms in total. The van der Waals surface area contributed by atoms with Crippen molar-refractivity contribution >= 4 is 5.65 Å². The van der Waals surface area contributed by atoms with Crippen LogP contribution in [-0.2, 0) is 6.42 Å². The van der Waals surface area contributed by atoms with Crippen LogP contribution in [0.3, 0.4) is 0 Å². The smallest absolute Gasteiger partial charge is 0.251 e. The SMILES string of the molecule is COc1ccc(Cc2nc(-c3cnn4c(C5CCNCC5)cc(=O)[nH]c34)no2)cn1.